The second-order valence-electron chi connectivity index (χ2n) is 8.10. The number of fused-ring (bicyclic) bond motifs is 1. The number of aromatic nitrogens is 3. The first-order chi connectivity index (χ1) is 17.4. The van der Waals surface area contributed by atoms with Crippen LogP contribution in [-0.2, 0) is 14.8 Å². The highest BCUT2D eigenvalue weighted by atomic mass is 32.2. The van der Waals surface area contributed by atoms with Crippen LogP contribution in [-0.4, -0.2) is 49.7 Å². The van der Waals surface area contributed by atoms with Crippen molar-refractivity contribution < 1.29 is 27.0 Å². The number of benzene rings is 1. The topological polar surface area (TPSA) is 121 Å². The van der Waals surface area contributed by atoms with E-state index in [2.05, 4.69) is 14.7 Å². The predicted molar refractivity (Wildman–Crippen MR) is 128 cm³/mol. The maximum absolute atomic E-state index is 14.1. The van der Waals surface area contributed by atoms with Crippen molar-refractivity contribution in [1.29, 1.82) is 0 Å². The molecule has 186 valence electrons. The Morgan fingerprint density at radius 2 is 1.94 bits per heavy atom. The van der Waals surface area contributed by atoms with Crippen molar-refractivity contribution in [2.45, 2.75) is 4.90 Å². The molecular formula is C24H21FN4O6S. The second-order valence-corrected chi connectivity index (χ2v) is 9.76. The number of hydrogen-bond acceptors (Lipinski definition) is 8. The van der Waals surface area contributed by atoms with Crippen LogP contribution in [0.1, 0.15) is 0 Å². The van der Waals surface area contributed by atoms with Gasteiger partial charge in [0.2, 0.25) is 11.6 Å². The lowest BCUT2D eigenvalue weighted by molar-refractivity contribution is -0.0510. The normalized spacial score (nSPS) is 13.8. The molecule has 1 aliphatic heterocycles. The molecule has 12 heteroatoms. The summed E-state index contributed by atoms with van der Waals surface area (Å²) in [5.41, 5.74) is 1.06. The average Bonchev–Trinajstić information content (AvgIpc) is 2.84. The molecule has 1 N–H and O–H groups in total. The summed E-state index contributed by atoms with van der Waals surface area (Å²) in [6.07, 6.45) is 4.42. The Labute approximate surface area is 205 Å². The van der Waals surface area contributed by atoms with Gasteiger partial charge in [0, 0.05) is 29.4 Å². The van der Waals surface area contributed by atoms with Crippen molar-refractivity contribution in [3.8, 4) is 22.8 Å². The fraction of sp³-hybridized carbons (Fsp3) is 0.208. The van der Waals surface area contributed by atoms with E-state index in [0.29, 0.717) is 36.6 Å². The lowest BCUT2D eigenvalue weighted by atomic mass is 10.1. The quantitative estimate of drug-likeness (QED) is 0.383. The summed E-state index contributed by atoms with van der Waals surface area (Å²) in [6, 6.07) is 9.87. The summed E-state index contributed by atoms with van der Waals surface area (Å²) in [5.74, 6) is -0.539. The number of nitrogens with one attached hydrogen (secondary N) is 1. The maximum Gasteiger partial charge on any atom is 0.300 e. The second kappa shape index (κ2) is 9.55. The summed E-state index contributed by atoms with van der Waals surface area (Å²) < 4.78 is 59.4. The molecule has 4 aromatic rings. The van der Waals surface area contributed by atoms with Crippen molar-refractivity contribution in [1.82, 2.24) is 14.4 Å². The third-order valence-corrected chi connectivity index (χ3v) is 7.00. The number of sulfonamides is 1. The highest BCUT2D eigenvalue weighted by molar-refractivity contribution is 7.92. The Kier molecular flexibility index (Phi) is 6.29. The number of halogens is 1. The molecule has 0 radical (unpaired) electrons. The molecule has 0 unspecified atom stereocenters. The van der Waals surface area contributed by atoms with Gasteiger partial charge in [0.25, 0.3) is 15.6 Å². The minimum absolute atomic E-state index is 0.00336. The monoisotopic (exact) mass is 512 g/mol. The molecule has 10 nitrogen and oxygen atoms in total. The van der Waals surface area contributed by atoms with Crippen LogP contribution < -0.4 is 19.8 Å². The first kappa shape index (κ1) is 23.7. The van der Waals surface area contributed by atoms with Crippen molar-refractivity contribution in [2.75, 3.05) is 31.7 Å². The molecule has 1 fully saturated rings. The van der Waals surface area contributed by atoms with Crippen LogP contribution >= 0.6 is 0 Å². The third kappa shape index (κ3) is 4.60. The summed E-state index contributed by atoms with van der Waals surface area (Å²) in [6.45, 7) is 1.55. The van der Waals surface area contributed by atoms with Crippen molar-refractivity contribution >= 4 is 21.4 Å². The molecule has 1 saturated heterocycles. The summed E-state index contributed by atoms with van der Waals surface area (Å²) in [7, 11) is -2.93. The number of rotatable bonds is 8. The molecule has 36 heavy (non-hydrogen) atoms. The van der Waals surface area contributed by atoms with Crippen LogP contribution in [0.25, 0.3) is 16.8 Å². The van der Waals surface area contributed by atoms with Crippen LogP contribution in [0, 0.1) is 11.7 Å². The fourth-order valence-electron chi connectivity index (χ4n) is 3.63. The van der Waals surface area contributed by atoms with Gasteiger partial charge in [-0.05, 0) is 30.3 Å². The zero-order chi connectivity index (χ0) is 25.3. The Hall–Kier alpha value is -4.03. The van der Waals surface area contributed by atoms with Gasteiger partial charge in [-0.25, -0.2) is 22.8 Å². The van der Waals surface area contributed by atoms with Crippen molar-refractivity contribution in [2.24, 2.45) is 5.92 Å². The third-order valence-electron chi connectivity index (χ3n) is 5.60. The first-order valence-corrected chi connectivity index (χ1v) is 12.4. The highest BCUT2D eigenvalue weighted by Gasteiger charge is 2.22. The molecule has 4 heterocycles. The van der Waals surface area contributed by atoms with Gasteiger partial charge in [0.1, 0.15) is 22.0 Å². The summed E-state index contributed by atoms with van der Waals surface area (Å²) in [4.78, 5) is 20.9. The Morgan fingerprint density at radius 3 is 2.67 bits per heavy atom. The number of pyridine rings is 2. The number of nitrogens with zero attached hydrogens (tertiary/aromatic N) is 3. The van der Waals surface area contributed by atoms with E-state index in [1.165, 1.54) is 42.1 Å². The molecule has 0 spiro atoms. The van der Waals surface area contributed by atoms with Gasteiger partial charge in [-0.15, -0.1) is 0 Å². The molecule has 0 atom stereocenters. The van der Waals surface area contributed by atoms with Gasteiger partial charge in [0.15, 0.2) is 0 Å². The number of methoxy groups -OCH3 is 1. The largest absolute Gasteiger partial charge is 0.486 e. The molecule has 1 aromatic carbocycles. The van der Waals surface area contributed by atoms with Crippen LogP contribution in [0.4, 0.5) is 10.1 Å². The zero-order valence-electron chi connectivity index (χ0n) is 19.0. The molecule has 1 aliphatic rings. The van der Waals surface area contributed by atoms with E-state index in [0.717, 1.165) is 12.1 Å². The molecule has 3 aromatic heterocycles. The lowest BCUT2D eigenvalue weighted by Crippen LogP contribution is -2.33. The molecule has 0 amide bonds. The first-order valence-electron chi connectivity index (χ1n) is 10.9. The highest BCUT2D eigenvalue weighted by Crippen LogP contribution is 2.30. The van der Waals surface area contributed by atoms with E-state index in [1.807, 2.05) is 0 Å². The fourth-order valence-corrected chi connectivity index (χ4v) is 4.75. The van der Waals surface area contributed by atoms with E-state index < -0.39 is 20.7 Å². The minimum Gasteiger partial charge on any atom is -0.486 e. The maximum atomic E-state index is 14.1. The van der Waals surface area contributed by atoms with Gasteiger partial charge in [-0.1, -0.05) is 12.1 Å². The predicted octanol–water partition coefficient (Wildman–Crippen LogP) is 2.73. The van der Waals surface area contributed by atoms with E-state index in [9.17, 15) is 17.6 Å². The van der Waals surface area contributed by atoms with Crippen LogP contribution in [0.15, 0.2) is 70.7 Å². The summed E-state index contributed by atoms with van der Waals surface area (Å²) in [5, 5.41) is 0. The van der Waals surface area contributed by atoms with E-state index in [-0.39, 0.29) is 28.8 Å². The minimum atomic E-state index is -4.27. The number of anilines is 1. The van der Waals surface area contributed by atoms with Crippen molar-refractivity contribution in [3.05, 3.63) is 77.2 Å². The average molecular weight is 513 g/mol. The van der Waals surface area contributed by atoms with Crippen LogP contribution in [0.5, 0.6) is 11.6 Å². The summed E-state index contributed by atoms with van der Waals surface area (Å²) >= 11 is 0. The van der Waals surface area contributed by atoms with E-state index >= 15 is 0 Å². The molecule has 0 aliphatic carbocycles. The van der Waals surface area contributed by atoms with Crippen LogP contribution in [0.2, 0.25) is 0 Å². The van der Waals surface area contributed by atoms with Gasteiger partial charge in [0.05, 0.1) is 33.1 Å². The Balaban J connectivity index is 1.49. The molecule has 0 bridgehead atoms. The zero-order valence-corrected chi connectivity index (χ0v) is 19.9. The smallest absolute Gasteiger partial charge is 0.300 e. The van der Waals surface area contributed by atoms with Gasteiger partial charge >= 0.3 is 0 Å². The van der Waals surface area contributed by atoms with Crippen molar-refractivity contribution in [3.63, 3.8) is 0 Å². The SMILES string of the molecule is COc1ncc(-c2ccc3ncc(OCC4COC4)c(=O)n3c2)cc1NS(=O)(=O)c1ccccc1F. The van der Waals surface area contributed by atoms with Crippen LogP contribution in [0.3, 0.4) is 0 Å². The van der Waals surface area contributed by atoms with Gasteiger partial charge in [-0.2, -0.15) is 0 Å². The number of ether oxygens (including phenoxy) is 3. The molecule has 5 rings (SSSR count). The molecule has 0 saturated carbocycles. The van der Waals surface area contributed by atoms with E-state index in [4.69, 9.17) is 14.2 Å². The Morgan fingerprint density at radius 1 is 1.14 bits per heavy atom. The lowest BCUT2D eigenvalue weighted by Gasteiger charge is -2.25. The van der Waals surface area contributed by atoms with Gasteiger partial charge < -0.3 is 14.2 Å². The Bertz CT molecular complexity index is 1600. The van der Waals surface area contributed by atoms with Gasteiger partial charge in [-0.3, -0.25) is 13.9 Å². The standard InChI is InChI=1S/C24H21FN4O6S/c1-33-23-19(28-36(31,32)21-5-3-2-4-18(21)25)8-17(9-27-23)16-6-7-22-26-10-20(24(30)29(22)11-16)35-14-15-12-34-13-15/h2-11,15,28H,12-14H2,1H3. The molecular weight excluding hydrogens is 491 g/mol. The van der Waals surface area contributed by atoms with E-state index in [1.54, 1.807) is 18.3 Å². The number of hydrogen-bond donors (Lipinski definition) is 1.